The van der Waals surface area contributed by atoms with Crippen molar-refractivity contribution in [2.45, 2.75) is 38.6 Å². The van der Waals surface area contributed by atoms with E-state index in [1.54, 1.807) is 10.4 Å². The van der Waals surface area contributed by atoms with Gasteiger partial charge in [0.1, 0.15) is 0 Å². The van der Waals surface area contributed by atoms with Crippen molar-refractivity contribution in [1.29, 1.82) is 0 Å². The van der Waals surface area contributed by atoms with Gasteiger partial charge in [-0.15, -0.1) is 0 Å². The van der Waals surface area contributed by atoms with Crippen LogP contribution in [-0.4, -0.2) is 36.3 Å². The summed E-state index contributed by atoms with van der Waals surface area (Å²) in [5, 5.41) is 0.869. The summed E-state index contributed by atoms with van der Waals surface area (Å²) in [6, 6.07) is 9.57. The van der Waals surface area contributed by atoms with Crippen molar-refractivity contribution >= 4 is 60.7 Å². The van der Waals surface area contributed by atoms with Crippen molar-refractivity contribution in [2.24, 2.45) is 16.8 Å². The fraction of sp³-hybridized carbons (Fsp3) is 0.391. The van der Waals surface area contributed by atoms with Crippen molar-refractivity contribution in [2.75, 3.05) is 13.1 Å². The number of piperidine rings is 1. The smallest absolute Gasteiger partial charge is 0.279 e. The highest BCUT2D eigenvalue weighted by atomic mass is 35.5. The van der Waals surface area contributed by atoms with Crippen LogP contribution in [0.4, 0.5) is 0 Å². The first kappa shape index (κ1) is 24.4. The number of thiazole rings is 1. The first-order valence-corrected chi connectivity index (χ1v) is 13.8. The summed E-state index contributed by atoms with van der Waals surface area (Å²) in [6.45, 7) is 7.67. The Kier molecular flexibility index (Phi) is 7.03. The molecule has 0 bridgehead atoms. The summed E-state index contributed by atoms with van der Waals surface area (Å²) in [5.41, 5.74) is 1.06. The van der Waals surface area contributed by atoms with Crippen molar-refractivity contribution in [1.82, 2.24) is 8.87 Å². The Balaban J connectivity index is 1.65. The van der Waals surface area contributed by atoms with Gasteiger partial charge in [-0.2, -0.15) is 9.30 Å². The molecule has 2 atom stereocenters. The zero-order valence-electron chi connectivity index (χ0n) is 18.6. The zero-order chi connectivity index (χ0) is 23.9. The number of carbonyl (C=O) groups excluding carboxylic acids is 1. The van der Waals surface area contributed by atoms with Crippen LogP contribution < -0.4 is 4.80 Å². The van der Waals surface area contributed by atoms with E-state index in [1.165, 1.54) is 35.6 Å². The molecule has 0 saturated carbocycles. The SMILES string of the molecule is CCn1c(=NC(=O)c2ccc(S(=O)(=O)N3CC(C)CC(C)C3)cc2)sc2ccc(Cl)c(Cl)c21. The molecule has 1 aromatic heterocycles. The molecule has 176 valence electrons. The summed E-state index contributed by atoms with van der Waals surface area (Å²) >= 11 is 13.9. The number of carbonyl (C=O) groups is 1. The van der Waals surface area contributed by atoms with E-state index in [-0.39, 0.29) is 4.90 Å². The predicted molar refractivity (Wildman–Crippen MR) is 134 cm³/mol. The Labute approximate surface area is 207 Å². The molecular formula is C23H25Cl2N3O3S2. The van der Waals surface area contributed by atoms with E-state index in [4.69, 9.17) is 23.2 Å². The quantitative estimate of drug-likeness (QED) is 0.455. The van der Waals surface area contributed by atoms with Crippen LogP contribution >= 0.6 is 34.5 Å². The number of aromatic nitrogens is 1. The van der Waals surface area contributed by atoms with E-state index in [2.05, 4.69) is 18.8 Å². The van der Waals surface area contributed by atoms with Crippen LogP contribution in [0, 0.1) is 11.8 Å². The molecular weight excluding hydrogens is 501 g/mol. The fourth-order valence-corrected chi connectivity index (χ4v) is 7.61. The standard InChI is InChI=1S/C23H25Cl2N3O3S2/c1-4-28-21-19(10-9-18(24)20(21)25)32-23(28)26-22(29)16-5-7-17(8-6-16)33(30,31)27-12-14(2)11-15(3)13-27/h5-10,14-15H,4,11-13H2,1-3H3. The van der Waals surface area contributed by atoms with Crippen molar-refractivity contribution in [3.05, 3.63) is 56.8 Å². The molecule has 1 fully saturated rings. The summed E-state index contributed by atoms with van der Waals surface area (Å²) in [7, 11) is -3.60. The van der Waals surface area contributed by atoms with E-state index in [0.29, 0.717) is 51.9 Å². The van der Waals surface area contributed by atoms with Gasteiger partial charge in [0.05, 0.1) is 25.2 Å². The monoisotopic (exact) mass is 525 g/mol. The molecule has 3 aromatic rings. The average Bonchev–Trinajstić information content (AvgIpc) is 3.13. The fourth-order valence-electron chi connectivity index (χ4n) is 4.35. The van der Waals surface area contributed by atoms with Gasteiger partial charge in [-0.25, -0.2) is 8.42 Å². The number of hydrogen-bond donors (Lipinski definition) is 0. The lowest BCUT2D eigenvalue weighted by molar-refractivity contribution is 0.0997. The molecule has 2 heterocycles. The highest BCUT2D eigenvalue weighted by molar-refractivity contribution is 7.89. The van der Waals surface area contributed by atoms with Crippen molar-refractivity contribution in [3.63, 3.8) is 0 Å². The normalized spacial score (nSPS) is 20.5. The van der Waals surface area contributed by atoms with E-state index < -0.39 is 15.9 Å². The van der Waals surface area contributed by atoms with Crippen LogP contribution in [0.1, 0.15) is 37.6 Å². The Morgan fingerprint density at radius 1 is 1.09 bits per heavy atom. The molecule has 2 aromatic carbocycles. The molecule has 0 aliphatic carbocycles. The molecule has 0 spiro atoms. The number of rotatable bonds is 4. The van der Waals surface area contributed by atoms with Crippen molar-refractivity contribution in [3.8, 4) is 0 Å². The first-order chi connectivity index (χ1) is 15.6. The minimum Gasteiger partial charge on any atom is -0.315 e. The van der Waals surface area contributed by atoms with Gasteiger partial charge in [0.25, 0.3) is 5.91 Å². The lowest BCUT2D eigenvalue weighted by Crippen LogP contribution is -2.42. The zero-order valence-corrected chi connectivity index (χ0v) is 21.7. The summed E-state index contributed by atoms with van der Waals surface area (Å²) in [6.07, 6.45) is 1.02. The number of halogens is 2. The molecule has 10 heteroatoms. The van der Waals surface area contributed by atoms with Crippen LogP contribution in [0.15, 0.2) is 46.3 Å². The summed E-state index contributed by atoms with van der Waals surface area (Å²) < 4.78 is 30.4. The Bertz CT molecular complexity index is 1370. The maximum Gasteiger partial charge on any atom is 0.279 e. The lowest BCUT2D eigenvalue weighted by atomic mass is 9.94. The molecule has 1 amide bonds. The van der Waals surface area contributed by atoms with Gasteiger partial charge in [0, 0.05) is 25.2 Å². The van der Waals surface area contributed by atoms with Gasteiger partial charge in [0.15, 0.2) is 4.80 Å². The second kappa shape index (κ2) is 9.50. The third kappa shape index (κ3) is 4.77. The molecule has 33 heavy (non-hydrogen) atoms. The van der Waals surface area contributed by atoms with Crippen LogP contribution in [0.5, 0.6) is 0 Å². The Hall–Kier alpha value is -1.71. The predicted octanol–water partition coefficient (Wildman–Crippen LogP) is 5.44. The van der Waals surface area contributed by atoms with Gasteiger partial charge < -0.3 is 4.57 Å². The van der Waals surface area contributed by atoms with Gasteiger partial charge in [-0.05, 0) is 61.6 Å². The topological polar surface area (TPSA) is 71.7 Å². The molecule has 0 radical (unpaired) electrons. The average molecular weight is 527 g/mol. The van der Waals surface area contributed by atoms with Crippen molar-refractivity contribution < 1.29 is 13.2 Å². The molecule has 1 aliphatic heterocycles. The number of fused-ring (bicyclic) bond motifs is 1. The highest BCUT2D eigenvalue weighted by Gasteiger charge is 2.31. The number of nitrogens with zero attached hydrogens (tertiary/aromatic N) is 3. The number of aryl methyl sites for hydroxylation is 1. The summed E-state index contributed by atoms with van der Waals surface area (Å²) in [4.78, 5) is 17.9. The molecule has 1 saturated heterocycles. The minimum atomic E-state index is -3.60. The lowest BCUT2D eigenvalue weighted by Gasteiger charge is -2.34. The molecule has 0 N–H and O–H groups in total. The molecule has 1 aliphatic rings. The molecule has 6 nitrogen and oxygen atoms in total. The number of benzene rings is 2. The highest BCUT2D eigenvalue weighted by Crippen LogP contribution is 2.32. The number of hydrogen-bond acceptors (Lipinski definition) is 4. The van der Waals surface area contributed by atoms with Gasteiger partial charge >= 0.3 is 0 Å². The Morgan fingerprint density at radius 2 is 1.73 bits per heavy atom. The van der Waals surface area contributed by atoms with Gasteiger partial charge in [0.2, 0.25) is 10.0 Å². The van der Waals surface area contributed by atoms with Crippen LogP contribution in [0.25, 0.3) is 10.2 Å². The van der Waals surface area contributed by atoms with Gasteiger partial charge in [-0.1, -0.05) is 48.4 Å². The van der Waals surface area contributed by atoms with E-state index >= 15 is 0 Å². The Morgan fingerprint density at radius 3 is 2.33 bits per heavy atom. The van der Waals surface area contributed by atoms with Crippen LogP contribution in [0.2, 0.25) is 10.0 Å². The summed E-state index contributed by atoms with van der Waals surface area (Å²) in [5.74, 6) is 0.186. The van der Waals surface area contributed by atoms with E-state index in [9.17, 15) is 13.2 Å². The maximum atomic E-state index is 13.1. The second-order valence-electron chi connectivity index (χ2n) is 8.55. The first-order valence-electron chi connectivity index (χ1n) is 10.8. The maximum absolute atomic E-state index is 13.1. The molecule has 2 unspecified atom stereocenters. The number of amides is 1. The minimum absolute atomic E-state index is 0.187. The second-order valence-corrected chi connectivity index (χ2v) is 12.3. The molecule has 4 rings (SSSR count). The third-order valence-electron chi connectivity index (χ3n) is 5.82. The third-order valence-corrected chi connectivity index (χ3v) is 9.51. The van der Waals surface area contributed by atoms with E-state index in [0.717, 1.165) is 16.6 Å². The van der Waals surface area contributed by atoms with Crippen LogP contribution in [-0.2, 0) is 16.6 Å². The number of sulfonamides is 1. The van der Waals surface area contributed by atoms with Crippen LogP contribution in [0.3, 0.4) is 0 Å². The largest absolute Gasteiger partial charge is 0.315 e. The van der Waals surface area contributed by atoms with E-state index in [1.807, 2.05) is 17.6 Å². The van der Waals surface area contributed by atoms with Gasteiger partial charge in [-0.3, -0.25) is 4.79 Å².